The van der Waals surface area contributed by atoms with E-state index in [1.165, 1.54) is 6.07 Å². The molecule has 1 aromatic carbocycles. The minimum atomic E-state index is -0.461. The molecule has 92 valence electrons. The maximum Gasteiger partial charge on any atom is 0.217 e. The molecule has 0 fully saturated rings. The smallest absolute Gasteiger partial charge is 0.217 e. The molecule has 0 saturated heterocycles. The molecule has 0 heterocycles. The van der Waals surface area contributed by atoms with Crippen LogP contribution >= 0.6 is 12.2 Å². The molecular weight excluding hydrogens is 241 g/mol. The Labute approximate surface area is 104 Å². The molecule has 4 nitrogen and oxygen atoms in total. The van der Waals surface area contributed by atoms with Crippen molar-refractivity contribution in [2.24, 2.45) is 11.5 Å². The van der Waals surface area contributed by atoms with Crippen molar-refractivity contribution in [2.75, 3.05) is 11.9 Å². The van der Waals surface area contributed by atoms with Crippen LogP contribution in [0, 0.1) is 5.82 Å². The molecule has 0 atom stereocenters. The van der Waals surface area contributed by atoms with Crippen LogP contribution in [-0.2, 0) is 4.79 Å². The van der Waals surface area contributed by atoms with E-state index in [4.69, 9.17) is 23.7 Å². The van der Waals surface area contributed by atoms with Gasteiger partial charge in [-0.05, 0) is 18.6 Å². The zero-order valence-electron chi connectivity index (χ0n) is 9.20. The molecule has 0 bridgehead atoms. The van der Waals surface area contributed by atoms with Crippen LogP contribution in [0.25, 0.3) is 0 Å². The lowest BCUT2D eigenvalue weighted by molar-refractivity contribution is -0.118. The average molecular weight is 255 g/mol. The first-order valence-electron chi connectivity index (χ1n) is 5.13. The van der Waals surface area contributed by atoms with E-state index in [0.717, 1.165) is 0 Å². The normalized spacial score (nSPS) is 9.94. The number of rotatable bonds is 6. The van der Waals surface area contributed by atoms with Gasteiger partial charge in [0, 0.05) is 18.7 Å². The molecule has 0 saturated carbocycles. The first kappa shape index (κ1) is 13.4. The molecular formula is C11H14FN3OS. The van der Waals surface area contributed by atoms with Gasteiger partial charge in [0.1, 0.15) is 10.8 Å². The quantitative estimate of drug-likeness (QED) is 0.526. The van der Waals surface area contributed by atoms with Crippen LogP contribution in [0.4, 0.5) is 10.1 Å². The highest BCUT2D eigenvalue weighted by molar-refractivity contribution is 7.80. The minimum absolute atomic E-state index is 0.000464. The molecule has 0 unspecified atom stereocenters. The number of anilines is 1. The van der Waals surface area contributed by atoms with Crippen molar-refractivity contribution in [1.82, 2.24) is 0 Å². The van der Waals surface area contributed by atoms with Gasteiger partial charge in [0.2, 0.25) is 5.91 Å². The van der Waals surface area contributed by atoms with Gasteiger partial charge in [-0.25, -0.2) is 4.39 Å². The molecule has 17 heavy (non-hydrogen) atoms. The fourth-order valence-corrected chi connectivity index (χ4v) is 1.62. The first-order chi connectivity index (χ1) is 8.02. The van der Waals surface area contributed by atoms with Gasteiger partial charge in [0.05, 0.1) is 5.56 Å². The fraction of sp³-hybridized carbons (Fsp3) is 0.273. The van der Waals surface area contributed by atoms with Gasteiger partial charge in [-0.15, -0.1) is 0 Å². The topological polar surface area (TPSA) is 81.1 Å². The summed E-state index contributed by atoms with van der Waals surface area (Å²) in [4.78, 5) is 10.5. The molecule has 0 spiro atoms. The maximum atomic E-state index is 13.5. The molecule has 1 amide bonds. The molecule has 0 aliphatic heterocycles. The number of hydrogen-bond donors (Lipinski definition) is 3. The molecule has 0 aromatic heterocycles. The SMILES string of the molecule is NC(=O)CCCNc1cccc(F)c1C(N)=S. The highest BCUT2D eigenvalue weighted by Crippen LogP contribution is 2.18. The molecule has 0 aliphatic rings. The van der Waals surface area contributed by atoms with E-state index in [1.54, 1.807) is 12.1 Å². The van der Waals surface area contributed by atoms with Crippen molar-refractivity contribution in [3.8, 4) is 0 Å². The summed E-state index contributed by atoms with van der Waals surface area (Å²) < 4.78 is 13.5. The van der Waals surface area contributed by atoms with Crippen LogP contribution in [0.5, 0.6) is 0 Å². The summed E-state index contributed by atoms with van der Waals surface area (Å²) >= 11 is 4.78. The lowest BCUT2D eigenvalue weighted by Crippen LogP contribution is -2.17. The van der Waals surface area contributed by atoms with Gasteiger partial charge in [0.15, 0.2) is 0 Å². The van der Waals surface area contributed by atoms with E-state index in [2.05, 4.69) is 5.32 Å². The standard InChI is InChI=1S/C11H14FN3OS/c12-7-3-1-4-8(10(7)11(14)17)15-6-2-5-9(13)16/h1,3-4,15H,2,5-6H2,(H2,13,16)(H2,14,17). The first-order valence-corrected chi connectivity index (χ1v) is 5.53. The number of nitrogens with two attached hydrogens (primary N) is 2. The Morgan fingerprint density at radius 2 is 2.12 bits per heavy atom. The third-order valence-corrected chi connectivity index (χ3v) is 2.38. The maximum absolute atomic E-state index is 13.5. The number of benzene rings is 1. The Balaban J connectivity index is 2.67. The van der Waals surface area contributed by atoms with Crippen LogP contribution < -0.4 is 16.8 Å². The highest BCUT2D eigenvalue weighted by Gasteiger charge is 2.10. The Morgan fingerprint density at radius 3 is 2.71 bits per heavy atom. The van der Waals surface area contributed by atoms with E-state index < -0.39 is 5.82 Å². The summed E-state index contributed by atoms with van der Waals surface area (Å²) in [6, 6.07) is 4.54. The predicted molar refractivity (Wildman–Crippen MR) is 69.2 cm³/mol. The van der Waals surface area contributed by atoms with E-state index in [-0.39, 0.29) is 22.9 Å². The largest absolute Gasteiger partial charge is 0.389 e. The summed E-state index contributed by atoms with van der Waals surface area (Å²) in [5.41, 5.74) is 11.2. The second-order valence-corrected chi connectivity index (χ2v) is 3.96. The van der Waals surface area contributed by atoms with E-state index in [1.807, 2.05) is 0 Å². The van der Waals surface area contributed by atoms with Crippen molar-refractivity contribution >= 4 is 28.8 Å². The van der Waals surface area contributed by atoms with Crippen LogP contribution in [0.15, 0.2) is 18.2 Å². The Kier molecular flexibility index (Phi) is 4.84. The Hall–Kier alpha value is -1.69. The average Bonchev–Trinajstić information content (AvgIpc) is 2.23. The van der Waals surface area contributed by atoms with Crippen molar-refractivity contribution in [3.63, 3.8) is 0 Å². The molecule has 1 aromatic rings. The monoisotopic (exact) mass is 255 g/mol. The number of carbonyl (C=O) groups excluding carboxylic acids is 1. The number of primary amides is 1. The van der Waals surface area contributed by atoms with Crippen LogP contribution in [0.3, 0.4) is 0 Å². The van der Waals surface area contributed by atoms with Crippen molar-refractivity contribution < 1.29 is 9.18 Å². The number of nitrogens with one attached hydrogen (secondary N) is 1. The zero-order chi connectivity index (χ0) is 12.8. The van der Waals surface area contributed by atoms with Crippen LogP contribution in [0.1, 0.15) is 18.4 Å². The van der Waals surface area contributed by atoms with Gasteiger partial charge < -0.3 is 16.8 Å². The number of halogens is 1. The summed E-state index contributed by atoms with van der Waals surface area (Å²) in [6.07, 6.45) is 0.855. The summed E-state index contributed by atoms with van der Waals surface area (Å²) in [7, 11) is 0. The van der Waals surface area contributed by atoms with Gasteiger partial charge in [-0.1, -0.05) is 18.3 Å². The fourth-order valence-electron chi connectivity index (χ4n) is 1.41. The minimum Gasteiger partial charge on any atom is -0.389 e. The van der Waals surface area contributed by atoms with Crippen LogP contribution in [0.2, 0.25) is 0 Å². The third kappa shape index (κ3) is 3.99. The van der Waals surface area contributed by atoms with Crippen molar-refractivity contribution in [2.45, 2.75) is 12.8 Å². The Bertz CT molecular complexity index is 437. The third-order valence-electron chi connectivity index (χ3n) is 2.18. The van der Waals surface area contributed by atoms with Gasteiger partial charge in [-0.3, -0.25) is 4.79 Å². The van der Waals surface area contributed by atoms with E-state index >= 15 is 0 Å². The highest BCUT2D eigenvalue weighted by atomic mass is 32.1. The summed E-state index contributed by atoms with van der Waals surface area (Å²) in [5.74, 6) is -0.821. The van der Waals surface area contributed by atoms with Crippen LogP contribution in [-0.4, -0.2) is 17.4 Å². The predicted octanol–water partition coefficient (Wildman–Crippen LogP) is 1.14. The van der Waals surface area contributed by atoms with Gasteiger partial charge in [-0.2, -0.15) is 0 Å². The summed E-state index contributed by atoms with van der Waals surface area (Å²) in [6.45, 7) is 0.502. The molecule has 6 heteroatoms. The molecule has 5 N–H and O–H groups in total. The number of carbonyl (C=O) groups is 1. The second-order valence-electron chi connectivity index (χ2n) is 3.52. The lowest BCUT2D eigenvalue weighted by Gasteiger charge is -2.11. The molecule has 0 aliphatic carbocycles. The molecule has 0 radical (unpaired) electrons. The number of thiocarbonyl (C=S) groups is 1. The van der Waals surface area contributed by atoms with E-state index in [9.17, 15) is 9.18 Å². The zero-order valence-corrected chi connectivity index (χ0v) is 10.0. The second kappa shape index (κ2) is 6.15. The summed E-state index contributed by atoms with van der Waals surface area (Å²) in [5, 5.41) is 2.98. The van der Waals surface area contributed by atoms with Gasteiger partial charge >= 0.3 is 0 Å². The molecule has 1 rings (SSSR count). The van der Waals surface area contributed by atoms with E-state index in [0.29, 0.717) is 18.7 Å². The van der Waals surface area contributed by atoms with Crippen molar-refractivity contribution in [3.05, 3.63) is 29.6 Å². The lowest BCUT2D eigenvalue weighted by atomic mass is 10.1. The number of hydrogen-bond acceptors (Lipinski definition) is 3. The Morgan fingerprint density at radius 1 is 1.41 bits per heavy atom. The van der Waals surface area contributed by atoms with Crippen molar-refractivity contribution in [1.29, 1.82) is 0 Å². The number of amides is 1. The van der Waals surface area contributed by atoms with Gasteiger partial charge in [0.25, 0.3) is 0 Å².